The van der Waals surface area contributed by atoms with E-state index >= 15 is 0 Å². The zero-order valence-corrected chi connectivity index (χ0v) is 12.3. The molecule has 1 amide bonds. The van der Waals surface area contributed by atoms with Crippen molar-refractivity contribution in [3.05, 3.63) is 24.3 Å². The lowest BCUT2D eigenvalue weighted by Gasteiger charge is -2.31. The van der Waals surface area contributed by atoms with Gasteiger partial charge < -0.3 is 15.2 Å². The Morgan fingerprint density at radius 3 is 2.50 bits per heavy atom. The molecule has 1 aliphatic rings. The smallest absolute Gasteiger partial charge is 0.415 e. The lowest BCUT2D eigenvalue weighted by atomic mass is 10.1. The second kappa shape index (κ2) is 5.71. The molecule has 0 spiro atoms. The fourth-order valence-electron chi connectivity index (χ4n) is 2.14. The summed E-state index contributed by atoms with van der Waals surface area (Å²) in [6.45, 7) is 6.77. The van der Waals surface area contributed by atoms with E-state index < -0.39 is 5.60 Å². The van der Waals surface area contributed by atoms with Crippen molar-refractivity contribution in [2.75, 3.05) is 23.8 Å². The summed E-state index contributed by atoms with van der Waals surface area (Å²) in [6.07, 6.45) is 0.460. The van der Waals surface area contributed by atoms with Gasteiger partial charge in [0.15, 0.2) is 0 Å². The van der Waals surface area contributed by atoms with E-state index in [9.17, 15) is 4.79 Å². The van der Waals surface area contributed by atoms with E-state index in [0.717, 1.165) is 12.1 Å². The van der Waals surface area contributed by atoms with Crippen LogP contribution < -0.4 is 10.6 Å². The predicted molar refractivity (Wildman–Crippen MR) is 78.8 cm³/mol. The normalized spacial score (nSPS) is 18.9. The summed E-state index contributed by atoms with van der Waals surface area (Å²) in [7, 11) is 0. The minimum atomic E-state index is -0.525. The van der Waals surface area contributed by atoms with Crippen molar-refractivity contribution in [2.24, 2.45) is 0 Å². The van der Waals surface area contributed by atoms with Crippen LogP contribution in [0.2, 0.25) is 0 Å². The molecule has 1 fully saturated rings. The summed E-state index contributed by atoms with van der Waals surface area (Å²) in [5, 5.41) is 0. The molecular weight excluding hydrogens is 256 g/mol. The Labute approximate surface area is 119 Å². The summed E-state index contributed by atoms with van der Waals surface area (Å²) < 4.78 is 10.9. The summed E-state index contributed by atoms with van der Waals surface area (Å²) in [5.74, 6) is 0. The van der Waals surface area contributed by atoms with Crippen LogP contribution in [0.5, 0.6) is 0 Å². The van der Waals surface area contributed by atoms with E-state index in [1.165, 1.54) is 0 Å². The number of hydrogen-bond donors (Lipinski definition) is 1. The second-order valence-electron chi connectivity index (χ2n) is 5.96. The van der Waals surface area contributed by atoms with Gasteiger partial charge in [0.2, 0.25) is 0 Å². The van der Waals surface area contributed by atoms with Crippen LogP contribution in [0.1, 0.15) is 27.2 Å². The second-order valence-corrected chi connectivity index (χ2v) is 5.96. The minimum Gasteiger partial charge on any atom is -0.443 e. The summed E-state index contributed by atoms with van der Waals surface area (Å²) in [6, 6.07) is 7.23. The van der Waals surface area contributed by atoms with Crippen LogP contribution in [0.15, 0.2) is 24.3 Å². The molecule has 1 saturated heterocycles. The molecule has 0 radical (unpaired) electrons. The maximum atomic E-state index is 12.4. The summed E-state index contributed by atoms with van der Waals surface area (Å²) >= 11 is 0. The number of amides is 1. The third kappa shape index (κ3) is 3.63. The molecule has 2 N–H and O–H groups in total. The van der Waals surface area contributed by atoms with Crippen LogP contribution in [0.3, 0.4) is 0 Å². The molecule has 2 rings (SSSR count). The third-order valence-electron chi connectivity index (χ3n) is 3.03. The molecule has 1 aromatic carbocycles. The topological polar surface area (TPSA) is 64.8 Å². The molecule has 1 heterocycles. The molecule has 0 saturated carbocycles. The van der Waals surface area contributed by atoms with Gasteiger partial charge in [0.1, 0.15) is 5.60 Å². The van der Waals surface area contributed by atoms with Crippen molar-refractivity contribution in [1.29, 1.82) is 0 Å². The van der Waals surface area contributed by atoms with Gasteiger partial charge in [-0.3, -0.25) is 4.90 Å². The lowest BCUT2D eigenvalue weighted by Crippen LogP contribution is -2.44. The van der Waals surface area contributed by atoms with Crippen LogP contribution in [-0.4, -0.2) is 30.9 Å². The number of hydrogen-bond acceptors (Lipinski definition) is 4. The Morgan fingerprint density at radius 1 is 1.35 bits per heavy atom. The number of rotatable bonds is 2. The van der Waals surface area contributed by atoms with E-state index in [2.05, 4.69) is 0 Å². The number of carbonyl (C=O) groups is 1. The Kier molecular flexibility index (Phi) is 4.18. The van der Waals surface area contributed by atoms with Gasteiger partial charge in [0.25, 0.3) is 0 Å². The maximum absolute atomic E-state index is 12.4. The molecule has 5 nitrogen and oxygen atoms in total. The first-order valence-corrected chi connectivity index (χ1v) is 6.82. The molecule has 5 heteroatoms. The molecule has 1 atom stereocenters. The zero-order chi connectivity index (χ0) is 14.8. The average Bonchev–Trinajstić information content (AvgIpc) is 2.83. The lowest BCUT2D eigenvalue weighted by molar-refractivity contribution is 0.0561. The van der Waals surface area contributed by atoms with Crippen LogP contribution in [0.25, 0.3) is 0 Å². The maximum Gasteiger partial charge on any atom is 0.415 e. The third-order valence-corrected chi connectivity index (χ3v) is 3.03. The van der Waals surface area contributed by atoms with Crippen molar-refractivity contribution in [3.63, 3.8) is 0 Å². The van der Waals surface area contributed by atoms with Crippen LogP contribution in [0, 0.1) is 0 Å². The van der Waals surface area contributed by atoms with Gasteiger partial charge in [0.05, 0.1) is 12.6 Å². The van der Waals surface area contributed by atoms with E-state index in [0.29, 0.717) is 18.9 Å². The van der Waals surface area contributed by atoms with E-state index in [-0.39, 0.29) is 12.1 Å². The standard InChI is InChI=1S/C15H22N2O3/c1-15(2,3)20-14(18)17(13-8-9-19-10-13)12-6-4-11(16)5-7-12/h4-7,13H,8-10,16H2,1-3H3. The van der Waals surface area contributed by atoms with Gasteiger partial charge in [0, 0.05) is 18.0 Å². The number of benzene rings is 1. The van der Waals surface area contributed by atoms with Crippen molar-refractivity contribution >= 4 is 17.5 Å². The summed E-state index contributed by atoms with van der Waals surface area (Å²) in [4.78, 5) is 14.1. The number of carbonyl (C=O) groups excluding carboxylic acids is 1. The largest absolute Gasteiger partial charge is 0.443 e. The Balaban J connectivity index is 2.24. The van der Waals surface area contributed by atoms with Crippen LogP contribution in [0.4, 0.5) is 16.2 Å². The molecule has 0 aliphatic carbocycles. The van der Waals surface area contributed by atoms with Gasteiger partial charge in [-0.2, -0.15) is 0 Å². The highest BCUT2D eigenvalue weighted by Gasteiger charge is 2.32. The molecule has 20 heavy (non-hydrogen) atoms. The first kappa shape index (κ1) is 14.7. The SMILES string of the molecule is CC(C)(C)OC(=O)N(c1ccc(N)cc1)C1CCOC1. The number of nitrogens with zero attached hydrogens (tertiary/aromatic N) is 1. The number of nitrogens with two attached hydrogens (primary N) is 1. The van der Waals surface area contributed by atoms with Crippen LogP contribution >= 0.6 is 0 Å². The molecule has 110 valence electrons. The molecule has 0 aromatic heterocycles. The summed E-state index contributed by atoms with van der Waals surface area (Å²) in [5.41, 5.74) is 6.62. The van der Waals surface area contributed by atoms with Crippen molar-refractivity contribution in [3.8, 4) is 0 Å². The first-order chi connectivity index (χ1) is 9.37. The predicted octanol–water partition coefficient (Wildman–Crippen LogP) is 2.80. The number of anilines is 2. The average molecular weight is 278 g/mol. The molecule has 1 aromatic rings. The van der Waals surface area contributed by atoms with E-state index in [4.69, 9.17) is 15.2 Å². The van der Waals surface area contributed by atoms with E-state index in [1.54, 1.807) is 17.0 Å². The number of nitrogen functional groups attached to an aromatic ring is 1. The molecular formula is C15H22N2O3. The highest BCUT2D eigenvalue weighted by Crippen LogP contribution is 2.25. The molecule has 1 aliphatic heterocycles. The van der Waals surface area contributed by atoms with Gasteiger partial charge >= 0.3 is 6.09 Å². The minimum absolute atomic E-state index is 0.00785. The monoisotopic (exact) mass is 278 g/mol. The highest BCUT2D eigenvalue weighted by molar-refractivity contribution is 5.89. The first-order valence-electron chi connectivity index (χ1n) is 6.82. The fraction of sp³-hybridized carbons (Fsp3) is 0.533. The Hall–Kier alpha value is -1.75. The number of ether oxygens (including phenoxy) is 2. The zero-order valence-electron chi connectivity index (χ0n) is 12.3. The Bertz CT molecular complexity index is 459. The van der Waals surface area contributed by atoms with Crippen LogP contribution in [-0.2, 0) is 9.47 Å². The van der Waals surface area contributed by atoms with Crippen molar-refractivity contribution < 1.29 is 14.3 Å². The van der Waals surface area contributed by atoms with Gasteiger partial charge in [-0.25, -0.2) is 4.79 Å². The van der Waals surface area contributed by atoms with E-state index in [1.807, 2.05) is 32.9 Å². The molecule has 1 unspecified atom stereocenters. The van der Waals surface area contributed by atoms with Crippen molar-refractivity contribution in [2.45, 2.75) is 38.8 Å². The van der Waals surface area contributed by atoms with Gasteiger partial charge in [-0.05, 0) is 51.5 Å². The van der Waals surface area contributed by atoms with Gasteiger partial charge in [-0.1, -0.05) is 0 Å². The van der Waals surface area contributed by atoms with Gasteiger partial charge in [-0.15, -0.1) is 0 Å². The quantitative estimate of drug-likeness (QED) is 0.845. The Morgan fingerprint density at radius 2 is 2.00 bits per heavy atom. The fourth-order valence-corrected chi connectivity index (χ4v) is 2.14. The van der Waals surface area contributed by atoms with Crippen molar-refractivity contribution in [1.82, 2.24) is 0 Å². The molecule has 0 bridgehead atoms. The highest BCUT2D eigenvalue weighted by atomic mass is 16.6.